The van der Waals surface area contributed by atoms with E-state index in [0.29, 0.717) is 16.0 Å². The first-order chi connectivity index (χ1) is 12.7. The van der Waals surface area contributed by atoms with Crippen molar-refractivity contribution in [3.05, 3.63) is 82.1 Å². The van der Waals surface area contributed by atoms with Crippen molar-refractivity contribution in [1.29, 1.82) is 0 Å². The minimum absolute atomic E-state index is 0.282. The Balaban J connectivity index is 1.60. The molecule has 0 bridgehead atoms. The number of rotatable bonds is 4. The van der Waals surface area contributed by atoms with Gasteiger partial charge in [-0.05, 0) is 102 Å². The minimum Gasteiger partial charge on any atom is -0.206 e. The molecule has 3 rings (SSSR count). The summed E-state index contributed by atoms with van der Waals surface area (Å²) >= 11 is 3.16. The fourth-order valence-corrected chi connectivity index (χ4v) is 3.94. The highest BCUT2D eigenvalue weighted by atomic mass is 79.9. The first-order valence-electron chi connectivity index (χ1n) is 9.33. The maximum absolute atomic E-state index is 13.5. The summed E-state index contributed by atoms with van der Waals surface area (Å²) in [7, 11) is 0. The van der Waals surface area contributed by atoms with Gasteiger partial charge in [-0.15, -0.1) is 6.58 Å². The highest BCUT2D eigenvalue weighted by Gasteiger charge is 2.21. The second-order valence-corrected chi connectivity index (χ2v) is 7.94. The van der Waals surface area contributed by atoms with Gasteiger partial charge in [-0.1, -0.05) is 30.0 Å². The van der Waals surface area contributed by atoms with E-state index in [9.17, 15) is 4.39 Å². The molecule has 1 fully saturated rings. The molecule has 26 heavy (non-hydrogen) atoms. The van der Waals surface area contributed by atoms with Crippen LogP contribution in [0.2, 0.25) is 0 Å². The fourth-order valence-electron chi connectivity index (χ4n) is 3.69. The maximum atomic E-state index is 13.5. The average Bonchev–Trinajstić information content (AvgIpc) is 2.68. The molecule has 0 amide bonds. The molecule has 0 nitrogen and oxygen atoms in total. The van der Waals surface area contributed by atoms with Crippen molar-refractivity contribution in [3.63, 3.8) is 0 Å². The van der Waals surface area contributed by atoms with Crippen LogP contribution in [0.5, 0.6) is 0 Å². The van der Waals surface area contributed by atoms with E-state index in [1.165, 1.54) is 43.7 Å². The van der Waals surface area contributed by atoms with Crippen LogP contribution in [0, 0.1) is 23.6 Å². The molecule has 1 aliphatic rings. The molecule has 0 saturated heterocycles. The van der Waals surface area contributed by atoms with Gasteiger partial charge < -0.3 is 0 Å². The largest absolute Gasteiger partial charge is 0.206 e. The van der Waals surface area contributed by atoms with Gasteiger partial charge in [-0.25, -0.2) is 4.39 Å². The molecular formula is C24H24BrF. The molecule has 2 aromatic carbocycles. The van der Waals surface area contributed by atoms with Gasteiger partial charge in [0, 0.05) is 11.1 Å². The molecule has 0 unspecified atom stereocenters. The Morgan fingerprint density at radius 2 is 1.65 bits per heavy atom. The first-order valence-corrected chi connectivity index (χ1v) is 10.1. The molecule has 1 aliphatic carbocycles. The molecule has 1 saturated carbocycles. The van der Waals surface area contributed by atoms with E-state index in [0.717, 1.165) is 17.9 Å². The lowest BCUT2D eigenvalue weighted by Crippen LogP contribution is -2.13. The lowest BCUT2D eigenvalue weighted by Gasteiger charge is -2.28. The molecule has 2 aromatic rings. The quantitative estimate of drug-likeness (QED) is 0.368. The summed E-state index contributed by atoms with van der Waals surface area (Å²) < 4.78 is 14.0. The van der Waals surface area contributed by atoms with Crippen molar-refractivity contribution in [2.75, 3.05) is 0 Å². The van der Waals surface area contributed by atoms with Crippen LogP contribution in [-0.2, 0) is 0 Å². The number of hydrogen-bond acceptors (Lipinski definition) is 0. The summed E-state index contributed by atoms with van der Waals surface area (Å²) in [5, 5.41) is 0. The van der Waals surface area contributed by atoms with Crippen LogP contribution < -0.4 is 0 Å². The lowest BCUT2D eigenvalue weighted by atomic mass is 9.77. The van der Waals surface area contributed by atoms with Crippen molar-refractivity contribution in [1.82, 2.24) is 0 Å². The number of allylic oxidation sites excluding steroid dienone is 1. The molecule has 134 valence electrons. The van der Waals surface area contributed by atoms with Crippen molar-refractivity contribution in [2.45, 2.75) is 44.4 Å². The molecule has 0 spiro atoms. The van der Waals surface area contributed by atoms with Crippen LogP contribution >= 0.6 is 15.9 Å². The van der Waals surface area contributed by atoms with Crippen molar-refractivity contribution in [2.24, 2.45) is 5.92 Å². The second-order valence-electron chi connectivity index (χ2n) is 7.08. The van der Waals surface area contributed by atoms with Crippen molar-refractivity contribution < 1.29 is 4.39 Å². The highest BCUT2D eigenvalue weighted by Crippen LogP contribution is 2.37. The monoisotopic (exact) mass is 410 g/mol. The Bertz CT molecular complexity index is 802. The van der Waals surface area contributed by atoms with E-state index < -0.39 is 0 Å². The normalized spacial score (nSPS) is 19.5. The highest BCUT2D eigenvalue weighted by molar-refractivity contribution is 9.10. The third-order valence-electron chi connectivity index (χ3n) is 5.28. The molecule has 0 aliphatic heterocycles. The molecule has 0 radical (unpaired) electrons. The first kappa shape index (κ1) is 18.9. The number of halogens is 2. The molecule has 2 heteroatoms. The predicted molar refractivity (Wildman–Crippen MR) is 111 cm³/mol. The Labute approximate surface area is 164 Å². The van der Waals surface area contributed by atoms with E-state index in [2.05, 4.69) is 58.6 Å². The smallest absolute Gasteiger partial charge is 0.138 e. The minimum atomic E-state index is -0.282. The van der Waals surface area contributed by atoms with Gasteiger partial charge in [-0.3, -0.25) is 0 Å². The standard InChI is InChI=1S/C24H24BrF/c1-2-3-4-18-7-12-21(13-8-18)22-14-9-19(10-15-22)5-6-20-11-16-23(25)24(26)17-20/h2,9-11,14-18,21H,1,3-4,7-8,12-13H2. The van der Waals surface area contributed by atoms with Crippen LogP contribution in [0.4, 0.5) is 4.39 Å². The summed E-state index contributed by atoms with van der Waals surface area (Å²) in [6.45, 7) is 3.83. The van der Waals surface area contributed by atoms with Gasteiger partial charge in [-0.2, -0.15) is 0 Å². The summed E-state index contributed by atoms with van der Waals surface area (Å²) in [6.07, 6.45) is 9.70. The summed E-state index contributed by atoms with van der Waals surface area (Å²) in [5.41, 5.74) is 3.08. The Morgan fingerprint density at radius 1 is 1.00 bits per heavy atom. The van der Waals surface area contributed by atoms with Crippen LogP contribution in [0.1, 0.15) is 61.1 Å². The van der Waals surface area contributed by atoms with E-state index in [1.807, 2.05) is 12.1 Å². The average molecular weight is 411 g/mol. The maximum Gasteiger partial charge on any atom is 0.138 e. The molecule has 0 heterocycles. The van der Waals surface area contributed by atoms with Crippen LogP contribution in [0.15, 0.2) is 59.6 Å². The predicted octanol–water partition coefficient (Wildman–Crippen LogP) is 7.23. The van der Waals surface area contributed by atoms with E-state index >= 15 is 0 Å². The van der Waals surface area contributed by atoms with Crippen LogP contribution in [0.3, 0.4) is 0 Å². The summed E-state index contributed by atoms with van der Waals surface area (Å²) in [4.78, 5) is 0. The van der Waals surface area contributed by atoms with E-state index in [1.54, 1.807) is 6.07 Å². The van der Waals surface area contributed by atoms with Gasteiger partial charge in [0.25, 0.3) is 0 Å². The summed E-state index contributed by atoms with van der Waals surface area (Å²) in [5.74, 6) is 7.43. The fraction of sp³-hybridized carbons (Fsp3) is 0.333. The lowest BCUT2D eigenvalue weighted by molar-refractivity contribution is 0.312. The SMILES string of the molecule is C=CCCC1CCC(c2ccc(C#Cc3ccc(Br)c(F)c3)cc2)CC1. The Hall–Kier alpha value is -1.85. The summed E-state index contributed by atoms with van der Waals surface area (Å²) in [6, 6.07) is 13.5. The third-order valence-corrected chi connectivity index (χ3v) is 5.92. The van der Waals surface area contributed by atoms with E-state index in [-0.39, 0.29) is 5.82 Å². The van der Waals surface area contributed by atoms with Gasteiger partial charge in [0.1, 0.15) is 5.82 Å². The zero-order valence-electron chi connectivity index (χ0n) is 15.0. The van der Waals surface area contributed by atoms with Gasteiger partial charge in [0.15, 0.2) is 0 Å². The van der Waals surface area contributed by atoms with Gasteiger partial charge >= 0.3 is 0 Å². The number of benzene rings is 2. The van der Waals surface area contributed by atoms with Crippen LogP contribution in [0.25, 0.3) is 0 Å². The Morgan fingerprint density at radius 3 is 2.31 bits per heavy atom. The topological polar surface area (TPSA) is 0 Å². The third kappa shape index (κ3) is 5.08. The van der Waals surface area contributed by atoms with Crippen LogP contribution in [-0.4, -0.2) is 0 Å². The molecule has 0 N–H and O–H groups in total. The van der Waals surface area contributed by atoms with E-state index in [4.69, 9.17) is 0 Å². The number of hydrogen-bond donors (Lipinski definition) is 0. The van der Waals surface area contributed by atoms with Crippen molar-refractivity contribution >= 4 is 15.9 Å². The van der Waals surface area contributed by atoms with Gasteiger partial charge in [0.2, 0.25) is 0 Å². The Kier molecular flexibility index (Phi) is 6.69. The molecular weight excluding hydrogens is 387 g/mol. The molecule has 0 atom stereocenters. The van der Waals surface area contributed by atoms with Gasteiger partial charge in [0.05, 0.1) is 4.47 Å². The zero-order chi connectivity index (χ0) is 18.4. The van der Waals surface area contributed by atoms with Crippen molar-refractivity contribution in [3.8, 4) is 11.8 Å². The molecule has 0 aromatic heterocycles. The second kappa shape index (κ2) is 9.19. The zero-order valence-corrected chi connectivity index (χ0v) is 16.6.